The first kappa shape index (κ1) is 19.5. The predicted molar refractivity (Wildman–Crippen MR) is 134 cm³/mol. The van der Waals surface area contributed by atoms with Crippen LogP contribution in [0.15, 0.2) is 90.0 Å². The van der Waals surface area contributed by atoms with E-state index in [-0.39, 0.29) is 5.41 Å². The van der Waals surface area contributed by atoms with Crippen molar-refractivity contribution in [3.63, 3.8) is 0 Å². The minimum absolute atomic E-state index is 0.194. The van der Waals surface area contributed by atoms with Gasteiger partial charge in [0, 0.05) is 6.04 Å². The second-order valence-corrected chi connectivity index (χ2v) is 9.51. The van der Waals surface area contributed by atoms with Gasteiger partial charge in [-0.05, 0) is 53.2 Å². The molecule has 0 N–H and O–H groups in total. The average molecular weight is 419 g/mol. The van der Waals surface area contributed by atoms with Crippen LogP contribution in [0.4, 0.5) is 0 Å². The summed E-state index contributed by atoms with van der Waals surface area (Å²) in [7, 11) is 0. The lowest BCUT2D eigenvalue weighted by atomic mass is 9.71. The highest BCUT2D eigenvalue weighted by molar-refractivity contribution is 6.19. The highest BCUT2D eigenvalue weighted by Crippen LogP contribution is 2.56. The monoisotopic (exact) mass is 418 g/mol. The van der Waals surface area contributed by atoms with Crippen molar-refractivity contribution in [1.29, 1.82) is 0 Å². The summed E-state index contributed by atoms with van der Waals surface area (Å²) >= 11 is 0. The van der Waals surface area contributed by atoms with E-state index in [1.807, 2.05) is 0 Å². The van der Waals surface area contributed by atoms with Crippen LogP contribution in [0, 0.1) is 0 Å². The van der Waals surface area contributed by atoms with Crippen LogP contribution in [-0.4, -0.2) is 23.3 Å². The summed E-state index contributed by atoms with van der Waals surface area (Å²) in [6.45, 7) is 3.21. The molecule has 2 heteroatoms. The maximum Gasteiger partial charge on any atom is 0.0809 e. The van der Waals surface area contributed by atoms with Crippen LogP contribution in [0.2, 0.25) is 0 Å². The highest BCUT2D eigenvalue weighted by atomic mass is 15.5. The Bertz CT molecular complexity index is 1190. The second kappa shape index (κ2) is 7.78. The molecule has 2 aliphatic carbocycles. The average Bonchev–Trinajstić information content (AvgIpc) is 3.36. The number of fused-ring (bicyclic) bond motifs is 2. The van der Waals surface area contributed by atoms with Crippen molar-refractivity contribution >= 4 is 16.9 Å². The summed E-state index contributed by atoms with van der Waals surface area (Å²) in [5.41, 5.74) is 9.20. The van der Waals surface area contributed by atoms with Crippen molar-refractivity contribution in [3.8, 4) is 0 Å². The van der Waals surface area contributed by atoms with Gasteiger partial charge in [0.25, 0.3) is 0 Å². The number of rotatable bonds is 3. The Morgan fingerprint density at radius 1 is 0.750 bits per heavy atom. The van der Waals surface area contributed by atoms with Gasteiger partial charge in [0.2, 0.25) is 0 Å². The Balaban J connectivity index is 1.60. The van der Waals surface area contributed by atoms with Gasteiger partial charge in [0.05, 0.1) is 17.7 Å². The van der Waals surface area contributed by atoms with Gasteiger partial charge >= 0.3 is 0 Å². The van der Waals surface area contributed by atoms with Crippen molar-refractivity contribution in [2.24, 2.45) is 5.10 Å². The molecular formula is C30H30N2. The number of hydrazone groups is 1. The molecule has 6 rings (SSSR count). The van der Waals surface area contributed by atoms with Gasteiger partial charge in [-0.15, -0.1) is 0 Å². The molecule has 1 fully saturated rings. The first-order chi connectivity index (χ1) is 15.8. The summed E-state index contributed by atoms with van der Waals surface area (Å²) in [5.74, 6) is 0. The quantitative estimate of drug-likeness (QED) is 0.451. The summed E-state index contributed by atoms with van der Waals surface area (Å²) in [6, 6.07) is 31.6. The predicted octanol–water partition coefficient (Wildman–Crippen LogP) is 6.92. The summed E-state index contributed by atoms with van der Waals surface area (Å²) in [6.07, 6.45) is 6.56. The lowest BCUT2D eigenvalue weighted by Gasteiger charge is -2.35. The van der Waals surface area contributed by atoms with Crippen molar-refractivity contribution in [2.75, 3.05) is 6.54 Å². The summed E-state index contributed by atoms with van der Waals surface area (Å²) in [4.78, 5) is 0. The maximum atomic E-state index is 5.27. The van der Waals surface area contributed by atoms with Gasteiger partial charge in [-0.25, -0.2) is 0 Å². The molecule has 3 aromatic rings. The van der Waals surface area contributed by atoms with Crippen molar-refractivity contribution in [2.45, 2.75) is 50.5 Å². The Morgan fingerprint density at radius 3 is 2.09 bits per heavy atom. The van der Waals surface area contributed by atoms with Gasteiger partial charge < -0.3 is 0 Å². The van der Waals surface area contributed by atoms with E-state index in [2.05, 4.69) is 96.9 Å². The zero-order valence-electron chi connectivity index (χ0n) is 18.8. The molecule has 1 heterocycles. The molecule has 1 spiro atoms. The standard InChI is InChI=1S/C30H30N2/c1-22-30(21-32(31-22)25-17-9-4-10-18-25)27-20-12-11-19-26(27)28(23-13-5-2-6-14-23)29(30)24-15-7-3-8-16-24/h2-3,5-8,11-16,19-20,25H,4,9-10,17-18,21H2,1H3/t30-/m1/s1. The van der Waals surface area contributed by atoms with Crippen LogP contribution in [0.3, 0.4) is 0 Å². The Hall–Kier alpha value is -3.13. The number of hydrogen-bond donors (Lipinski definition) is 0. The molecule has 0 amide bonds. The first-order valence-corrected chi connectivity index (χ1v) is 12.1. The van der Waals surface area contributed by atoms with Gasteiger partial charge in [-0.2, -0.15) is 5.10 Å². The first-order valence-electron chi connectivity index (χ1n) is 12.1. The maximum absolute atomic E-state index is 5.27. The Morgan fingerprint density at radius 2 is 1.38 bits per heavy atom. The molecule has 2 nitrogen and oxygen atoms in total. The molecule has 0 radical (unpaired) electrons. The van der Waals surface area contributed by atoms with Crippen molar-refractivity contribution in [3.05, 3.63) is 107 Å². The van der Waals surface area contributed by atoms with E-state index in [4.69, 9.17) is 5.10 Å². The van der Waals surface area contributed by atoms with Crippen LogP contribution < -0.4 is 0 Å². The molecule has 1 aliphatic heterocycles. The van der Waals surface area contributed by atoms with E-state index >= 15 is 0 Å². The van der Waals surface area contributed by atoms with Crippen LogP contribution in [0.5, 0.6) is 0 Å². The molecule has 160 valence electrons. The number of hydrogen-bond acceptors (Lipinski definition) is 2. The topological polar surface area (TPSA) is 15.6 Å². The largest absolute Gasteiger partial charge is 0.292 e. The van der Waals surface area contributed by atoms with E-state index in [1.54, 1.807) is 0 Å². The summed E-state index contributed by atoms with van der Waals surface area (Å²) in [5, 5.41) is 7.71. The number of nitrogens with zero attached hydrogens (tertiary/aromatic N) is 2. The third-order valence-corrected chi connectivity index (χ3v) is 7.75. The zero-order valence-corrected chi connectivity index (χ0v) is 18.8. The minimum atomic E-state index is -0.194. The van der Waals surface area contributed by atoms with Gasteiger partial charge in [0.15, 0.2) is 0 Å². The molecule has 0 bridgehead atoms. The minimum Gasteiger partial charge on any atom is -0.292 e. The fourth-order valence-electron chi connectivity index (χ4n) is 6.26. The number of benzene rings is 3. The normalized spacial score (nSPS) is 23.0. The van der Waals surface area contributed by atoms with Crippen LogP contribution >= 0.6 is 0 Å². The molecule has 1 atom stereocenters. The van der Waals surface area contributed by atoms with Crippen LogP contribution in [-0.2, 0) is 5.41 Å². The van der Waals surface area contributed by atoms with E-state index in [0.717, 1.165) is 6.54 Å². The zero-order chi connectivity index (χ0) is 21.5. The molecule has 1 saturated carbocycles. The highest BCUT2D eigenvalue weighted by Gasteiger charge is 2.52. The summed E-state index contributed by atoms with van der Waals surface area (Å²) < 4.78 is 0. The van der Waals surface area contributed by atoms with Gasteiger partial charge in [0.1, 0.15) is 0 Å². The van der Waals surface area contributed by atoms with Crippen molar-refractivity contribution < 1.29 is 0 Å². The lowest BCUT2D eigenvalue weighted by Crippen LogP contribution is -2.40. The van der Waals surface area contributed by atoms with Gasteiger partial charge in [-0.3, -0.25) is 5.01 Å². The van der Waals surface area contributed by atoms with Crippen LogP contribution in [0.1, 0.15) is 61.3 Å². The fourth-order valence-corrected chi connectivity index (χ4v) is 6.26. The fraction of sp³-hybridized carbons (Fsp3) is 0.300. The Kier molecular flexibility index (Phi) is 4.75. The Labute approximate surface area is 191 Å². The van der Waals surface area contributed by atoms with Crippen molar-refractivity contribution in [1.82, 2.24) is 5.01 Å². The second-order valence-electron chi connectivity index (χ2n) is 9.51. The van der Waals surface area contributed by atoms with Gasteiger partial charge in [-0.1, -0.05) is 104 Å². The third kappa shape index (κ3) is 2.89. The lowest BCUT2D eigenvalue weighted by molar-refractivity contribution is 0.169. The molecule has 0 unspecified atom stereocenters. The smallest absolute Gasteiger partial charge is 0.0809 e. The van der Waals surface area contributed by atoms with E-state index in [0.29, 0.717) is 6.04 Å². The SMILES string of the molecule is CC1=NN(C2CCCCC2)C[C@@]12C(c1ccccc1)=C(c1ccccc1)c1ccccc12. The molecule has 3 aromatic carbocycles. The molecule has 0 aromatic heterocycles. The molecule has 32 heavy (non-hydrogen) atoms. The molecule has 3 aliphatic rings. The third-order valence-electron chi connectivity index (χ3n) is 7.75. The van der Waals surface area contributed by atoms with E-state index in [9.17, 15) is 0 Å². The molecular weight excluding hydrogens is 388 g/mol. The van der Waals surface area contributed by atoms with E-state index < -0.39 is 0 Å². The van der Waals surface area contributed by atoms with Crippen LogP contribution in [0.25, 0.3) is 11.1 Å². The molecule has 0 saturated heterocycles. The van der Waals surface area contributed by atoms with E-state index in [1.165, 1.54) is 71.2 Å².